The van der Waals surface area contributed by atoms with E-state index in [2.05, 4.69) is 10.2 Å². The molecule has 118 valence electrons. The van der Waals surface area contributed by atoms with Gasteiger partial charge < -0.3 is 14.7 Å². The van der Waals surface area contributed by atoms with E-state index in [-0.39, 0.29) is 30.6 Å². The molecule has 0 unspecified atom stereocenters. The number of halogens is 1. The van der Waals surface area contributed by atoms with Gasteiger partial charge in [0.1, 0.15) is 6.61 Å². The van der Waals surface area contributed by atoms with E-state index in [0.717, 1.165) is 0 Å². The number of hydrogen-bond acceptors (Lipinski definition) is 4. The first-order valence-corrected chi connectivity index (χ1v) is 6.89. The lowest BCUT2D eigenvalue weighted by atomic mass is 10.3. The summed E-state index contributed by atoms with van der Waals surface area (Å²) < 4.78 is 18.8. The van der Waals surface area contributed by atoms with Crippen LogP contribution in [-0.4, -0.2) is 46.3 Å². The predicted molar refractivity (Wildman–Crippen MR) is 78.0 cm³/mol. The number of aromatic amines is 1. The Morgan fingerprint density at radius 1 is 1.45 bits per heavy atom. The summed E-state index contributed by atoms with van der Waals surface area (Å²) >= 11 is 0. The fourth-order valence-corrected chi connectivity index (χ4v) is 1.87. The zero-order chi connectivity index (χ0) is 15.9. The van der Waals surface area contributed by atoms with Gasteiger partial charge >= 0.3 is 0 Å². The highest BCUT2D eigenvalue weighted by Crippen LogP contribution is 2.17. The van der Waals surface area contributed by atoms with Gasteiger partial charge in [-0.25, -0.2) is 4.39 Å². The summed E-state index contributed by atoms with van der Waals surface area (Å²) in [6.07, 6.45) is 0.510. The molecule has 0 saturated carbocycles. The third kappa shape index (κ3) is 4.05. The molecule has 0 saturated heterocycles. The average molecular weight is 307 g/mol. The Kier molecular flexibility index (Phi) is 5.48. The van der Waals surface area contributed by atoms with E-state index >= 15 is 0 Å². The maximum absolute atomic E-state index is 13.4. The largest absolute Gasteiger partial charge is 0.484 e. The van der Waals surface area contributed by atoms with Gasteiger partial charge in [-0.2, -0.15) is 5.10 Å². The molecule has 0 atom stereocenters. The number of nitrogens with zero attached hydrogens (tertiary/aromatic N) is 2. The Bertz CT molecular complexity index is 630. The molecule has 0 bridgehead atoms. The molecule has 7 heteroatoms. The highest BCUT2D eigenvalue weighted by Gasteiger charge is 2.15. The Morgan fingerprint density at radius 2 is 2.23 bits per heavy atom. The number of H-pyrrole nitrogens is 1. The third-order valence-corrected chi connectivity index (χ3v) is 3.07. The van der Waals surface area contributed by atoms with Gasteiger partial charge in [0.25, 0.3) is 5.91 Å². The second kappa shape index (κ2) is 7.56. The van der Waals surface area contributed by atoms with Crippen LogP contribution < -0.4 is 4.74 Å². The van der Waals surface area contributed by atoms with E-state index in [4.69, 9.17) is 9.84 Å². The number of carbonyl (C=O) groups excluding carboxylic acids is 1. The Labute approximate surface area is 127 Å². The monoisotopic (exact) mass is 307 g/mol. The number of rotatable bonds is 7. The highest BCUT2D eigenvalue weighted by molar-refractivity contribution is 5.92. The first-order chi connectivity index (χ1) is 10.6. The first kappa shape index (κ1) is 16.0. The number of amides is 1. The molecule has 0 radical (unpaired) electrons. The van der Waals surface area contributed by atoms with Crippen LogP contribution in [0.2, 0.25) is 0 Å². The first-order valence-electron chi connectivity index (χ1n) is 6.89. The zero-order valence-electron chi connectivity index (χ0n) is 12.3. The number of nitrogens with one attached hydrogen (secondary N) is 1. The van der Waals surface area contributed by atoms with Crippen molar-refractivity contribution in [3.05, 3.63) is 47.5 Å². The highest BCUT2D eigenvalue weighted by atomic mass is 19.1. The number of aromatic nitrogens is 2. The van der Waals surface area contributed by atoms with Crippen LogP contribution in [0.15, 0.2) is 30.3 Å². The van der Waals surface area contributed by atoms with Crippen LogP contribution in [0.1, 0.15) is 22.6 Å². The van der Waals surface area contributed by atoms with Crippen LogP contribution in [0.5, 0.6) is 5.75 Å². The van der Waals surface area contributed by atoms with E-state index in [9.17, 15) is 9.18 Å². The van der Waals surface area contributed by atoms with E-state index < -0.39 is 5.82 Å². The molecule has 0 spiro atoms. The molecule has 1 heterocycles. The van der Waals surface area contributed by atoms with E-state index in [1.807, 2.05) is 0 Å². The summed E-state index contributed by atoms with van der Waals surface area (Å²) in [5.74, 6) is -0.547. The van der Waals surface area contributed by atoms with Crippen molar-refractivity contribution >= 4 is 5.91 Å². The predicted octanol–water partition coefficient (Wildman–Crippen LogP) is 1.58. The molecular weight excluding hydrogens is 289 g/mol. The Balaban J connectivity index is 1.94. The molecule has 0 aliphatic heterocycles. The van der Waals surface area contributed by atoms with Crippen LogP contribution in [-0.2, 0) is 6.61 Å². The van der Waals surface area contributed by atoms with E-state index in [1.165, 1.54) is 17.0 Å². The minimum absolute atomic E-state index is 0.0277. The lowest BCUT2D eigenvalue weighted by Gasteiger charge is -2.14. The van der Waals surface area contributed by atoms with Crippen molar-refractivity contribution in [2.24, 2.45) is 0 Å². The minimum Gasteiger partial charge on any atom is -0.484 e. The number of aliphatic hydroxyl groups is 1. The molecule has 2 N–H and O–H groups in total. The van der Waals surface area contributed by atoms with Crippen molar-refractivity contribution in [2.75, 3.05) is 20.2 Å². The molecule has 2 rings (SSSR count). The van der Waals surface area contributed by atoms with Crippen molar-refractivity contribution in [3.63, 3.8) is 0 Å². The number of hydrogen-bond donors (Lipinski definition) is 2. The van der Waals surface area contributed by atoms with Gasteiger partial charge in [-0.3, -0.25) is 9.89 Å². The zero-order valence-corrected chi connectivity index (χ0v) is 12.3. The second-order valence-electron chi connectivity index (χ2n) is 4.80. The summed E-state index contributed by atoms with van der Waals surface area (Å²) in [4.78, 5) is 13.5. The fourth-order valence-electron chi connectivity index (χ4n) is 1.87. The van der Waals surface area contributed by atoms with Crippen molar-refractivity contribution < 1.29 is 19.0 Å². The maximum atomic E-state index is 13.4. The molecule has 6 nitrogen and oxygen atoms in total. The van der Waals surface area contributed by atoms with Crippen LogP contribution >= 0.6 is 0 Å². The SMILES string of the molecule is CN(CCCO)C(=O)c1cc(COc2ccccc2F)[nH]n1. The molecule has 0 aliphatic rings. The number of aliphatic hydroxyl groups excluding tert-OH is 1. The van der Waals surface area contributed by atoms with E-state index in [0.29, 0.717) is 18.7 Å². The molecule has 0 aliphatic carbocycles. The van der Waals surface area contributed by atoms with Crippen molar-refractivity contribution in [3.8, 4) is 5.75 Å². The quantitative estimate of drug-likeness (QED) is 0.814. The van der Waals surface area contributed by atoms with E-state index in [1.54, 1.807) is 25.2 Å². The Hall–Kier alpha value is -2.41. The molecular formula is C15H18FN3O3. The average Bonchev–Trinajstić information content (AvgIpc) is 3.00. The standard InChI is InChI=1S/C15H18FN3O3/c1-19(7-4-8-20)15(21)13-9-11(17-18-13)10-22-14-6-3-2-5-12(14)16/h2-3,5-6,9,20H,4,7-8,10H2,1H3,(H,17,18). The van der Waals surface area contributed by atoms with Crippen LogP contribution in [0.3, 0.4) is 0 Å². The molecule has 22 heavy (non-hydrogen) atoms. The normalized spacial score (nSPS) is 10.5. The summed E-state index contributed by atoms with van der Waals surface area (Å²) in [7, 11) is 1.64. The smallest absolute Gasteiger partial charge is 0.274 e. The number of carbonyl (C=O) groups is 1. The fraction of sp³-hybridized carbons (Fsp3) is 0.333. The Morgan fingerprint density at radius 3 is 2.95 bits per heavy atom. The molecule has 2 aromatic rings. The van der Waals surface area contributed by atoms with Gasteiger partial charge in [0.05, 0.1) is 5.69 Å². The van der Waals surface area contributed by atoms with Gasteiger partial charge in [0, 0.05) is 20.2 Å². The van der Waals surface area contributed by atoms with Gasteiger partial charge in [-0.15, -0.1) is 0 Å². The van der Waals surface area contributed by atoms with Crippen molar-refractivity contribution in [1.82, 2.24) is 15.1 Å². The lowest BCUT2D eigenvalue weighted by molar-refractivity contribution is 0.0780. The van der Waals surface area contributed by atoms with Crippen molar-refractivity contribution in [2.45, 2.75) is 13.0 Å². The van der Waals surface area contributed by atoms with Gasteiger partial charge in [0.2, 0.25) is 0 Å². The number of ether oxygens (including phenoxy) is 1. The maximum Gasteiger partial charge on any atom is 0.274 e. The molecule has 1 aromatic heterocycles. The number of para-hydroxylation sites is 1. The lowest BCUT2D eigenvalue weighted by Crippen LogP contribution is -2.28. The summed E-state index contributed by atoms with van der Waals surface area (Å²) in [5.41, 5.74) is 0.828. The van der Waals surface area contributed by atoms with Gasteiger partial charge in [-0.1, -0.05) is 12.1 Å². The summed E-state index contributed by atoms with van der Waals surface area (Å²) in [6.45, 7) is 0.560. The third-order valence-electron chi connectivity index (χ3n) is 3.07. The second-order valence-corrected chi connectivity index (χ2v) is 4.80. The van der Waals surface area contributed by atoms with Crippen LogP contribution in [0.25, 0.3) is 0 Å². The van der Waals surface area contributed by atoms with Crippen molar-refractivity contribution in [1.29, 1.82) is 0 Å². The summed E-state index contributed by atoms with van der Waals surface area (Å²) in [6, 6.07) is 7.67. The molecule has 1 aromatic carbocycles. The summed E-state index contributed by atoms with van der Waals surface area (Å²) in [5, 5.41) is 15.4. The molecule has 0 fully saturated rings. The van der Waals surface area contributed by atoms with Crippen LogP contribution in [0, 0.1) is 5.82 Å². The minimum atomic E-state index is -0.443. The topological polar surface area (TPSA) is 78.5 Å². The van der Waals surface area contributed by atoms with Crippen LogP contribution in [0.4, 0.5) is 4.39 Å². The van der Waals surface area contributed by atoms with Gasteiger partial charge in [-0.05, 0) is 24.6 Å². The molecule has 1 amide bonds. The number of benzene rings is 1. The van der Waals surface area contributed by atoms with Gasteiger partial charge in [0.15, 0.2) is 17.3 Å².